The van der Waals surface area contributed by atoms with Crippen molar-refractivity contribution in [2.75, 3.05) is 56.3 Å². The lowest BCUT2D eigenvalue weighted by Gasteiger charge is -2.31. The number of halogens is 3. The van der Waals surface area contributed by atoms with Crippen LogP contribution in [0.2, 0.25) is 0 Å². The monoisotopic (exact) mass is 541 g/mol. The summed E-state index contributed by atoms with van der Waals surface area (Å²) in [4.78, 5) is 14.9. The second-order valence-electron chi connectivity index (χ2n) is 7.84. The van der Waals surface area contributed by atoms with Crippen molar-refractivity contribution in [3.63, 3.8) is 0 Å². The number of carbonyl (C=O) groups excluding carboxylic acids is 1. The van der Waals surface area contributed by atoms with E-state index in [-0.39, 0.29) is 16.4 Å². The van der Waals surface area contributed by atoms with E-state index in [0.29, 0.717) is 69.1 Å². The zero-order valence-corrected chi connectivity index (χ0v) is 21.7. The van der Waals surface area contributed by atoms with Crippen molar-refractivity contribution in [2.45, 2.75) is 26.9 Å². The minimum absolute atomic E-state index is 0.124. The number of carbonyl (C=O) groups is 1. The molecule has 0 saturated carbocycles. The van der Waals surface area contributed by atoms with Crippen molar-refractivity contribution >= 4 is 34.6 Å². The Balaban J connectivity index is 1.86. The van der Waals surface area contributed by atoms with Crippen LogP contribution in [0.3, 0.4) is 0 Å². The van der Waals surface area contributed by atoms with Crippen LogP contribution in [0.5, 0.6) is 17.2 Å². The summed E-state index contributed by atoms with van der Waals surface area (Å²) in [6.07, 6.45) is -4.54. The average molecular weight is 542 g/mol. The molecule has 2 N–H and O–H groups in total. The van der Waals surface area contributed by atoms with Gasteiger partial charge in [-0.3, -0.25) is 10.1 Å². The zero-order chi connectivity index (χ0) is 27.0. The van der Waals surface area contributed by atoms with E-state index in [1.807, 2.05) is 11.8 Å². The Labute approximate surface area is 219 Å². The molecule has 1 amide bonds. The maximum absolute atomic E-state index is 13.4. The molecule has 2 aromatic rings. The van der Waals surface area contributed by atoms with Gasteiger partial charge in [0.15, 0.2) is 16.6 Å². The highest BCUT2D eigenvalue weighted by atomic mass is 32.1. The summed E-state index contributed by atoms with van der Waals surface area (Å²) in [5.74, 6) is 0.434. The summed E-state index contributed by atoms with van der Waals surface area (Å²) in [5.41, 5.74) is -0.0164. The van der Waals surface area contributed by atoms with Gasteiger partial charge in [0, 0.05) is 18.7 Å². The molecule has 1 aliphatic heterocycles. The molecule has 202 valence electrons. The molecule has 0 radical (unpaired) electrons. The largest absolute Gasteiger partial charge is 0.490 e. The minimum atomic E-state index is -4.54. The number of rotatable bonds is 9. The Kier molecular flexibility index (Phi) is 9.81. The SMILES string of the molecule is CCOc1cc(C(=O)NC(=S)Nc2cc(C(F)(F)F)ccc2N2CCOCC2)cc(OCC)c1OCC. The van der Waals surface area contributed by atoms with Crippen molar-refractivity contribution in [1.82, 2.24) is 5.32 Å². The number of alkyl halides is 3. The molecule has 1 heterocycles. The fraction of sp³-hybridized carbons (Fsp3) is 0.440. The standard InChI is InChI=1S/C25H30F3N3O5S/c1-4-34-20-13-16(14-21(35-5-2)22(20)36-6-3)23(32)30-24(37)29-18-15-17(25(26,27)28)7-8-19(18)31-9-11-33-12-10-31/h7-8,13-15H,4-6,9-12H2,1-3H3,(H2,29,30,32,37). The van der Waals surface area contributed by atoms with Crippen LogP contribution < -0.4 is 29.7 Å². The maximum atomic E-state index is 13.4. The molecule has 37 heavy (non-hydrogen) atoms. The molecule has 0 spiro atoms. The third kappa shape index (κ3) is 7.39. The van der Waals surface area contributed by atoms with Crippen molar-refractivity contribution < 1.29 is 36.9 Å². The molecule has 0 unspecified atom stereocenters. The van der Waals surface area contributed by atoms with Crippen LogP contribution in [0.4, 0.5) is 24.5 Å². The van der Waals surface area contributed by atoms with Gasteiger partial charge in [-0.05, 0) is 63.3 Å². The highest BCUT2D eigenvalue weighted by Gasteiger charge is 2.32. The minimum Gasteiger partial charge on any atom is -0.490 e. The molecular formula is C25H30F3N3O5S. The van der Waals surface area contributed by atoms with E-state index in [2.05, 4.69) is 10.6 Å². The molecule has 1 aliphatic rings. The Morgan fingerprint density at radius 2 is 1.59 bits per heavy atom. The second-order valence-corrected chi connectivity index (χ2v) is 8.25. The van der Waals surface area contributed by atoms with Crippen LogP contribution in [0.1, 0.15) is 36.7 Å². The predicted molar refractivity (Wildman–Crippen MR) is 138 cm³/mol. The van der Waals surface area contributed by atoms with Crippen molar-refractivity contribution in [3.8, 4) is 17.2 Å². The summed E-state index contributed by atoms with van der Waals surface area (Å²) in [7, 11) is 0. The zero-order valence-electron chi connectivity index (χ0n) is 20.9. The smallest absolute Gasteiger partial charge is 0.416 e. The first-order valence-corrected chi connectivity index (χ1v) is 12.3. The quantitative estimate of drug-likeness (QED) is 0.436. The number of hydrogen-bond acceptors (Lipinski definition) is 7. The van der Waals surface area contributed by atoms with E-state index < -0.39 is 17.6 Å². The number of amides is 1. The summed E-state index contributed by atoms with van der Waals surface area (Å²) in [6.45, 7) is 8.33. The van der Waals surface area contributed by atoms with Gasteiger partial charge in [0.05, 0.1) is 50.0 Å². The second kappa shape index (κ2) is 12.8. The van der Waals surface area contributed by atoms with Crippen LogP contribution in [0.25, 0.3) is 0 Å². The third-order valence-corrected chi connectivity index (χ3v) is 5.53. The number of nitrogens with zero attached hydrogens (tertiary/aromatic N) is 1. The van der Waals surface area contributed by atoms with Crippen molar-refractivity contribution in [1.29, 1.82) is 0 Å². The first-order chi connectivity index (χ1) is 17.7. The first kappa shape index (κ1) is 28.3. The lowest BCUT2D eigenvalue weighted by Crippen LogP contribution is -2.38. The molecule has 0 aromatic heterocycles. The molecule has 3 rings (SSSR count). The van der Waals surface area contributed by atoms with Gasteiger partial charge in [-0.2, -0.15) is 13.2 Å². The van der Waals surface area contributed by atoms with E-state index in [0.717, 1.165) is 12.1 Å². The lowest BCUT2D eigenvalue weighted by atomic mass is 10.1. The highest BCUT2D eigenvalue weighted by molar-refractivity contribution is 7.80. The van der Waals surface area contributed by atoms with Gasteiger partial charge < -0.3 is 29.2 Å². The van der Waals surface area contributed by atoms with E-state index in [1.165, 1.54) is 18.2 Å². The van der Waals surface area contributed by atoms with Crippen molar-refractivity contribution in [2.24, 2.45) is 0 Å². The summed E-state index contributed by atoms with van der Waals surface area (Å²) in [5, 5.41) is 5.13. The topological polar surface area (TPSA) is 81.3 Å². The Bertz CT molecular complexity index is 1080. The number of nitrogens with one attached hydrogen (secondary N) is 2. The molecule has 8 nitrogen and oxygen atoms in total. The van der Waals surface area contributed by atoms with E-state index in [9.17, 15) is 18.0 Å². The predicted octanol–water partition coefficient (Wildman–Crippen LogP) is 4.86. The van der Waals surface area contributed by atoms with Gasteiger partial charge in [0.2, 0.25) is 5.75 Å². The summed E-state index contributed by atoms with van der Waals surface area (Å²) < 4.78 is 62.5. The molecule has 0 aliphatic carbocycles. The number of ether oxygens (including phenoxy) is 4. The van der Waals surface area contributed by atoms with Gasteiger partial charge >= 0.3 is 6.18 Å². The Hall–Kier alpha value is -3.25. The van der Waals surface area contributed by atoms with Gasteiger partial charge in [0.25, 0.3) is 5.91 Å². The molecule has 12 heteroatoms. The number of anilines is 2. The van der Waals surface area contributed by atoms with E-state index >= 15 is 0 Å². The number of morpholine rings is 1. The van der Waals surface area contributed by atoms with Crippen molar-refractivity contribution in [3.05, 3.63) is 41.5 Å². The fourth-order valence-corrected chi connectivity index (χ4v) is 3.94. The van der Waals surface area contributed by atoms with E-state index in [4.69, 9.17) is 31.2 Å². The number of benzene rings is 2. The maximum Gasteiger partial charge on any atom is 0.416 e. The van der Waals surface area contributed by atoms with Gasteiger partial charge in [0.1, 0.15) is 0 Å². The molecular weight excluding hydrogens is 511 g/mol. The molecule has 1 saturated heterocycles. The number of hydrogen-bond donors (Lipinski definition) is 2. The molecule has 0 atom stereocenters. The van der Waals surface area contributed by atoms with Crippen LogP contribution in [-0.2, 0) is 10.9 Å². The Morgan fingerprint density at radius 3 is 2.14 bits per heavy atom. The van der Waals surface area contributed by atoms with E-state index in [1.54, 1.807) is 13.8 Å². The summed E-state index contributed by atoms with van der Waals surface area (Å²) >= 11 is 5.29. The van der Waals surface area contributed by atoms with Gasteiger partial charge in [-0.25, -0.2) is 0 Å². The third-order valence-electron chi connectivity index (χ3n) is 5.32. The Morgan fingerprint density at radius 1 is 1.00 bits per heavy atom. The van der Waals surface area contributed by atoms with Crippen LogP contribution in [0.15, 0.2) is 30.3 Å². The molecule has 2 aromatic carbocycles. The molecule has 0 bridgehead atoms. The van der Waals surface area contributed by atoms with Gasteiger partial charge in [-0.15, -0.1) is 0 Å². The fourth-order valence-electron chi connectivity index (χ4n) is 3.74. The van der Waals surface area contributed by atoms with Crippen LogP contribution in [-0.4, -0.2) is 57.1 Å². The lowest BCUT2D eigenvalue weighted by molar-refractivity contribution is -0.137. The van der Waals surface area contributed by atoms with Crippen LogP contribution in [0, 0.1) is 0 Å². The van der Waals surface area contributed by atoms with Crippen LogP contribution >= 0.6 is 12.2 Å². The highest BCUT2D eigenvalue weighted by Crippen LogP contribution is 2.39. The molecule has 1 fully saturated rings. The normalized spacial score (nSPS) is 13.6. The average Bonchev–Trinajstić information content (AvgIpc) is 2.86. The number of thiocarbonyl (C=S) groups is 1. The first-order valence-electron chi connectivity index (χ1n) is 11.9. The van der Waals surface area contributed by atoms with Gasteiger partial charge in [-0.1, -0.05) is 0 Å². The summed E-state index contributed by atoms with van der Waals surface area (Å²) in [6, 6.07) is 6.37.